The molecule has 2 heteroatoms. The molecule has 0 aromatic heterocycles. The minimum Gasteiger partial charge on any atom is -0.312 e. The quantitative estimate of drug-likeness (QED) is 0.701. The first-order chi connectivity index (χ1) is 8.83. The van der Waals surface area contributed by atoms with Crippen LogP contribution in [0.1, 0.15) is 11.1 Å². The third-order valence-electron chi connectivity index (χ3n) is 2.76. The van der Waals surface area contributed by atoms with Gasteiger partial charge in [-0.25, -0.2) is 13.1 Å². The Bertz CT molecular complexity index is 538. The summed E-state index contributed by atoms with van der Waals surface area (Å²) in [6, 6.07) is 16.1. The van der Waals surface area contributed by atoms with E-state index in [1.165, 1.54) is 0 Å². The molecule has 2 aromatic rings. The number of benzene rings is 2. The van der Waals surface area contributed by atoms with E-state index in [4.69, 9.17) is 13.1 Å². The van der Waals surface area contributed by atoms with Gasteiger partial charge in [0.1, 0.15) is 0 Å². The van der Waals surface area contributed by atoms with Gasteiger partial charge in [-0.15, -0.1) is 0 Å². The fourth-order valence-electron chi connectivity index (χ4n) is 1.79. The van der Waals surface area contributed by atoms with E-state index in [0.29, 0.717) is 13.1 Å². The van der Waals surface area contributed by atoms with Crippen LogP contribution >= 0.6 is 0 Å². The molecule has 0 heterocycles. The van der Waals surface area contributed by atoms with Crippen molar-refractivity contribution >= 4 is 0 Å². The molecule has 0 saturated carbocycles. The van der Waals surface area contributed by atoms with Crippen molar-refractivity contribution in [2.45, 2.75) is 13.1 Å². The van der Waals surface area contributed by atoms with Crippen LogP contribution in [0.4, 0.5) is 0 Å². The zero-order valence-electron chi connectivity index (χ0n) is 9.93. The molecule has 0 radical (unpaired) electrons. The molecule has 0 fully saturated rings. The highest BCUT2D eigenvalue weighted by Gasteiger charge is 2.00. The standard InChI is InChI=1S/C16H12N2/c1-17-11-13-3-7-15(8-4-13)16-9-5-14(6-10-16)12-18-2/h3-10H,11-12H2. The second kappa shape index (κ2) is 5.66. The van der Waals surface area contributed by atoms with E-state index in [2.05, 4.69) is 9.69 Å². The molecule has 0 saturated heterocycles. The number of rotatable bonds is 3. The minimum absolute atomic E-state index is 0.435. The highest BCUT2D eigenvalue weighted by atomic mass is 14.6. The summed E-state index contributed by atoms with van der Waals surface area (Å²) in [5, 5.41) is 0. The average Bonchev–Trinajstić information content (AvgIpc) is 2.41. The van der Waals surface area contributed by atoms with Crippen LogP contribution < -0.4 is 0 Å². The van der Waals surface area contributed by atoms with E-state index in [1.807, 2.05) is 48.5 Å². The Balaban J connectivity index is 2.21. The summed E-state index contributed by atoms with van der Waals surface area (Å²) in [6.07, 6.45) is 0. The minimum atomic E-state index is 0.435. The molecule has 0 amide bonds. The van der Waals surface area contributed by atoms with Crippen molar-refractivity contribution in [3.8, 4) is 11.1 Å². The van der Waals surface area contributed by atoms with Crippen LogP contribution in [0.3, 0.4) is 0 Å². The van der Waals surface area contributed by atoms with Gasteiger partial charge in [-0.3, -0.25) is 0 Å². The number of nitrogens with zero attached hydrogens (tertiary/aromatic N) is 2. The molecule has 0 bridgehead atoms. The Morgan fingerprint density at radius 1 is 0.611 bits per heavy atom. The van der Waals surface area contributed by atoms with E-state index < -0.39 is 0 Å². The van der Waals surface area contributed by atoms with Crippen molar-refractivity contribution in [3.05, 3.63) is 82.5 Å². The third kappa shape index (κ3) is 2.75. The maximum atomic E-state index is 6.82. The van der Waals surface area contributed by atoms with Crippen LogP contribution in [0.25, 0.3) is 20.8 Å². The van der Waals surface area contributed by atoms with Crippen molar-refractivity contribution in [1.82, 2.24) is 0 Å². The van der Waals surface area contributed by atoms with Gasteiger partial charge in [0.05, 0.1) is 0 Å². The molecule has 0 aliphatic rings. The van der Waals surface area contributed by atoms with Crippen LogP contribution in [0.2, 0.25) is 0 Å². The highest BCUT2D eigenvalue weighted by molar-refractivity contribution is 5.64. The SMILES string of the molecule is [C-]#[N+]Cc1ccc(-c2ccc(C[N+]#[C-])cc2)cc1. The lowest BCUT2D eigenvalue weighted by Gasteiger charge is -2.02. The predicted octanol–water partition coefficient (Wildman–Crippen LogP) is 4.19. The van der Waals surface area contributed by atoms with Crippen molar-refractivity contribution < 1.29 is 0 Å². The second-order valence-corrected chi connectivity index (χ2v) is 4.03. The van der Waals surface area contributed by atoms with Gasteiger partial charge in [0.15, 0.2) is 0 Å². The Hall–Kier alpha value is -2.58. The van der Waals surface area contributed by atoms with Crippen LogP contribution in [-0.2, 0) is 13.1 Å². The van der Waals surface area contributed by atoms with Gasteiger partial charge in [-0.05, 0) is 11.1 Å². The van der Waals surface area contributed by atoms with E-state index in [9.17, 15) is 0 Å². The van der Waals surface area contributed by atoms with Gasteiger partial charge in [0, 0.05) is 11.1 Å². The molecular weight excluding hydrogens is 220 g/mol. The van der Waals surface area contributed by atoms with Gasteiger partial charge in [-0.1, -0.05) is 48.5 Å². The summed E-state index contributed by atoms with van der Waals surface area (Å²) < 4.78 is 0. The topological polar surface area (TPSA) is 8.72 Å². The van der Waals surface area contributed by atoms with Crippen LogP contribution in [0, 0.1) is 13.1 Å². The third-order valence-corrected chi connectivity index (χ3v) is 2.76. The van der Waals surface area contributed by atoms with Crippen LogP contribution in [0.5, 0.6) is 0 Å². The predicted molar refractivity (Wildman–Crippen MR) is 72.5 cm³/mol. The zero-order valence-corrected chi connectivity index (χ0v) is 9.93. The maximum Gasteiger partial charge on any atom is 0.239 e. The summed E-state index contributed by atoms with van der Waals surface area (Å²) in [4.78, 5) is 6.72. The van der Waals surface area contributed by atoms with Gasteiger partial charge in [0.25, 0.3) is 0 Å². The lowest BCUT2D eigenvalue weighted by Crippen LogP contribution is -1.83. The van der Waals surface area contributed by atoms with E-state index in [-0.39, 0.29) is 0 Å². The van der Waals surface area contributed by atoms with E-state index in [0.717, 1.165) is 22.3 Å². The van der Waals surface area contributed by atoms with Gasteiger partial charge in [0.2, 0.25) is 13.1 Å². The molecule has 0 N–H and O–H groups in total. The fraction of sp³-hybridized carbons (Fsp3) is 0.125. The van der Waals surface area contributed by atoms with Crippen LogP contribution in [-0.4, -0.2) is 0 Å². The Morgan fingerprint density at radius 3 is 1.22 bits per heavy atom. The molecule has 0 aliphatic heterocycles. The molecule has 18 heavy (non-hydrogen) atoms. The normalized spacial score (nSPS) is 9.44. The first-order valence-electron chi connectivity index (χ1n) is 5.68. The maximum absolute atomic E-state index is 6.82. The van der Waals surface area contributed by atoms with E-state index in [1.54, 1.807) is 0 Å². The Morgan fingerprint density at radius 2 is 0.944 bits per heavy atom. The lowest BCUT2D eigenvalue weighted by atomic mass is 10.0. The molecule has 0 spiro atoms. The lowest BCUT2D eigenvalue weighted by molar-refractivity contribution is 1.26. The first-order valence-corrected chi connectivity index (χ1v) is 5.68. The van der Waals surface area contributed by atoms with Crippen LogP contribution in [0.15, 0.2) is 48.5 Å². The first kappa shape index (κ1) is 11.9. The highest BCUT2D eigenvalue weighted by Crippen LogP contribution is 2.20. The molecule has 0 atom stereocenters. The summed E-state index contributed by atoms with van der Waals surface area (Å²) in [5.41, 5.74) is 4.35. The number of hydrogen-bond acceptors (Lipinski definition) is 0. The smallest absolute Gasteiger partial charge is 0.239 e. The average molecular weight is 232 g/mol. The molecule has 2 nitrogen and oxygen atoms in total. The van der Waals surface area contributed by atoms with Crippen molar-refractivity contribution in [1.29, 1.82) is 0 Å². The molecular formula is C16H12N2. The van der Waals surface area contributed by atoms with Crippen molar-refractivity contribution in [2.75, 3.05) is 0 Å². The van der Waals surface area contributed by atoms with Crippen molar-refractivity contribution in [3.63, 3.8) is 0 Å². The second-order valence-electron chi connectivity index (χ2n) is 4.03. The molecule has 0 unspecified atom stereocenters. The van der Waals surface area contributed by atoms with Crippen molar-refractivity contribution in [2.24, 2.45) is 0 Å². The molecule has 2 aromatic carbocycles. The fourth-order valence-corrected chi connectivity index (χ4v) is 1.79. The zero-order chi connectivity index (χ0) is 12.8. The Labute approximate surface area is 107 Å². The monoisotopic (exact) mass is 232 g/mol. The summed E-state index contributed by atoms with van der Waals surface area (Å²) >= 11 is 0. The summed E-state index contributed by atoms with van der Waals surface area (Å²) in [5.74, 6) is 0. The molecule has 2 rings (SSSR count). The summed E-state index contributed by atoms with van der Waals surface area (Å²) in [6.45, 7) is 14.5. The Kier molecular flexibility index (Phi) is 3.74. The van der Waals surface area contributed by atoms with E-state index >= 15 is 0 Å². The van der Waals surface area contributed by atoms with Gasteiger partial charge < -0.3 is 9.69 Å². The number of hydrogen-bond donors (Lipinski definition) is 0. The molecule has 0 aliphatic carbocycles. The van der Waals surface area contributed by atoms with Gasteiger partial charge >= 0.3 is 0 Å². The summed E-state index contributed by atoms with van der Waals surface area (Å²) in [7, 11) is 0. The largest absolute Gasteiger partial charge is 0.312 e. The molecule has 86 valence electrons. The van der Waals surface area contributed by atoms with Gasteiger partial charge in [-0.2, -0.15) is 0 Å².